The SMILES string of the molecule is COc1c(C2=NC(c3ccccc3)ON2)cc(C(C)(C)C)cc1-c1ccccc1-c1ccccc1.O=C(O)c1ccccc1SSc1ccccc1C(=O)O. The lowest BCUT2D eigenvalue weighted by molar-refractivity contribution is 0.0376. The van der Waals surface area contributed by atoms with Gasteiger partial charge in [-0.3, -0.25) is 0 Å². The molecule has 0 radical (unpaired) electrons. The first-order valence-corrected chi connectivity index (χ1v) is 19.6. The first-order valence-electron chi connectivity index (χ1n) is 17.5. The Bertz CT molecular complexity index is 2270. The van der Waals surface area contributed by atoms with E-state index in [1.165, 1.54) is 39.3 Å². The first kappa shape index (κ1) is 38.9. The molecule has 6 aromatic rings. The van der Waals surface area contributed by atoms with E-state index < -0.39 is 18.2 Å². The van der Waals surface area contributed by atoms with Gasteiger partial charge in [-0.25, -0.2) is 24.9 Å². The summed E-state index contributed by atoms with van der Waals surface area (Å²) in [6, 6.07) is 46.6. The fraction of sp³-hybridized carbons (Fsp3) is 0.133. The Labute approximate surface area is 328 Å². The van der Waals surface area contributed by atoms with Gasteiger partial charge in [0.1, 0.15) is 5.75 Å². The summed E-state index contributed by atoms with van der Waals surface area (Å²) < 4.78 is 6.07. The summed E-state index contributed by atoms with van der Waals surface area (Å²) in [6.45, 7) is 6.66. The van der Waals surface area contributed by atoms with Gasteiger partial charge in [-0.2, -0.15) is 0 Å². The minimum Gasteiger partial charge on any atom is -0.495 e. The third kappa shape index (κ3) is 9.29. The number of hydrogen-bond donors (Lipinski definition) is 3. The molecule has 3 N–H and O–H groups in total. The van der Waals surface area contributed by atoms with Crippen molar-refractivity contribution in [2.24, 2.45) is 4.99 Å². The molecule has 0 aliphatic carbocycles. The van der Waals surface area contributed by atoms with Crippen molar-refractivity contribution in [3.05, 3.63) is 173 Å². The largest absolute Gasteiger partial charge is 0.495 e. The molecular weight excluding hydrogens is 729 g/mol. The molecule has 55 heavy (non-hydrogen) atoms. The van der Waals surface area contributed by atoms with Gasteiger partial charge in [0.25, 0.3) is 0 Å². The molecule has 7 rings (SSSR count). The number of benzene rings is 6. The maximum atomic E-state index is 11.1. The number of rotatable bonds is 10. The van der Waals surface area contributed by atoms with E-state index in [1.807, 2.05) is 36.4 Å². The maximum Gasteiger partial charge on any atom is 0.336 e. The zero-order chi connectivity index (χ0) is 39.0. The Hall–Kier alpha value is -5.81. The Balaban J connectivity index is 0.000000219. The van der Waals surface area contributed by atoms with Crippen LogP contribution in [0.15, 0.2) is 160 Å². The minimum absolute atomic E-state index is 0.0731. The van der Waals surface area contributed by atoms with E-state index >= 15 is 0 Å². The van der Waals surface area contributed by atoms with E-state index in [1.54, 1.807) is 43.5 Å². The molecule has 0 saturated carbocycles. The highest BCUT2D eigenvalue weighted by molar-refractivity contribution is 8.76. The summed E-state index contributed by atoms with van der Waals surface area (Å²) in [7, 11) is 4.18. The number of hydroxylamine groups is 1. The zero-order valence-corrected chi connectivity index (χ0v) is 32.4. The number of ether oxygens (including phenoxy) is 1. The predicted octanol–water partition coefficient (Wildman–Crippen LogP) is 11.2. The van der Waals surface area contributed by atoms with Crippen LogP contribution in [0.1, 0.15) is 64.4 Å². The molecule has 8 nitrogen and oxygen atoms in total. The van der Waals surface area contributed by atoms with Gasteiger partial charge in [0.15, 0.2) is 5.84 Å². The van der Waals surface area contributed by atoms with Crippen LogP contribution in [0.5, 0.6) is 5.75 Å². The van der Waals surface area contributed by atoms with Crippen LogP contribution in [0.2, 0.25) is 0 Å². The van der Waals surface area contributed by atoms with Crippen molar-refractivity contribution in [1.82, 2.24) is 5.48 Å². The van der Waals surface area contributed by atoms with Crippen molar-refractivity contribution in [3.63, 3.8) is 0 Å². The van der Waals surface area contributed by atoms with Crippen molar-refractivity contribution in [3.8, 4) is 28.0 Å². The fourth-order valence-electron chi connectivity index (χ4n) is 5.93. The normalized spacial score (nSPS) is 13.5. The number of carbonyl (C=O) groups is 2. The number of hydrogen-bond acceptors (Lipinski definition) is 8. The van der Waals surface area contributed by atoms with E-state index in [-0.39, 0.29) is 16.5 Å². The van der Waals surface area contributed by atoms with Crippen molar-refractivity contribution in [2.75, 3.05) is 7.11 Å². The molecule has 1 aliphatic rings. The van der Waals surface area contributed by atoms with Gasteiger partial charge >= 0.3 is 11.9 Å². The number of methoxy groups -OCH3 is 1. The molecule has 278 valence electrons. The number of amidine groups is 1. The van der Waals surface area contributed by atoms with Gasteiger partial charge in [0, 0.05) is 20.9 Å². The monoisotopic (exact) mass is 768 g/mol. The maximum absolute atomic E-state index is 11.1. The summed E-state index contributed by atoms with van der Waals surface area (Å²) in [5.41, 5.74) is 10.9. The molecule has 0 fully saturated rings. The molecule has 0 amide bonds. The van der Waals surface area contributed by atoms with Gasteiger partial charge < -0.3 is 14.9 Å². The number of aliphatic imine (C=N–C) groups is 1. The van der Waals surface area contributed by atoms with Crippen LogP contribution >= 0.6 is 21.6 Å². The quantitative estimate of drug-likeness (QED) is 0.117. The second kappa shape index (κ2) is 17.6. The van der Waals surface area contributed by atoms with Crippen molar-refractivity contribution < 1.29 is 29.4 Å². The average Bonchev–Trinajstić information content (AvgIpc) is 3.71. The Morgan fingerprint density at radius 2 is 1.15 bits per heavy atom. The molecule has 6 aromatic carbocycles. The zero-order valence-electron chi connectivity index (χ0n) is 30.7. The molecule has 10 heteroatoms. The highest BCUT2D eigenvalue weighted by Crippen LogP contribution is 2.43. The summed E-state index contributed by atoms with van der Waals surface area (Å²) in [4.78, 5) is 34.1. The fourth-order valence-corrected chi connectivity index (χ4v) is 8.28. The van der Waals surface area contributed by atoms with Crippen LogP contribution in [-0.2, 0) is 10.3 Å². The number of nitrogens with one attached hydrogen (secondary N) is 1. The van der Waals surface area contributed by atoms with Crippen molar-refractivity contribution in [1.29, 1.82) is 0 Å². The highest BCUT2D eigenvalue weighted by atomic mass is 33.1. The summed E-state index contributed by atoms with van der Waals surface area (Å²) in [5, 5.41) is 18.2. The van der Waals surface area contributed by atoms with E-state index in [2.05, 4.69) is 86.9 Å². The second-order valence-corrected chi connectivity index (χ2v) is 15.7. The molecule has 1 unspecified atom stereocenters. The smallest absolute Gasteiger partial charge is 0.336 e. The molecule has 0 saturated heterocycles. The lowest BCUT2D eigenvalue weighted by Gasteiger charge is -2.24. The van der Waals surface area contributed by atoms with E-state index in [4.69, 9.17) is 24.8 Å². The van der Waals surface area contributed by atoms with Crippen LogP contribution in [0.25, 0.3) is 22.3 Å². The summed E-state index contributed by atoms with van der Waals surface area (Å²) in [5.74, 6) is -0.564. The van der Waals surface area contributed by atoms with E-state index in [9.17, 15) is 9.59 Å². The van der Waals surface area contributed by atoms with Crippen LogP contribution in [0.3, 0.4) is 0 Å². The van der Waals surface area contributed by atoms with Crippen LogP contribution in [-0.4, -0.2) is 35.1 Å². The molecule has 0 spiro atoms. The van der Waals surface area contributed by atoms with Gasteiger partial charge in [-0.05, 0) is 64.1 Å². The number of carboxylic acids is 2. The number of nitrogens with zero attached hydrogens (tertiary/aromatic N) is 1. The van der Waals surface area contributed by atoms with Crippen LogP contribution in [0, 0.1) is 0 Å². The van der Waals surface area contributed by atoms with Gasteiger partial charge in [0.05, 0.1) is 23.8 Å². The third-order valence-electron chi connectivity index (χ3n) is 8.77. The van der Waals surface area contributed by atoms with E-state index in [0.29, 0.717) is 15.6 Å². The Morgan fingerprint density at radius 3 is 1.69 bits per heavy atom. The molecule has 1 aliphatic heterocycles. The molecule has 0 aromatic heterocycles. The molecule has 0 bridgehead atoms. The van der Waals surface area contributed by atoms with Gasteiger partial charge in [-0.1, -0.05) is 152 Å². The lowest BCUT2D eigenvalue weighted by atomic mass is 9.82. The summed E-state index contributed by atoms with van der Waals surface area (Å²) in [6.07, 6.45) is -0.408. The highest BCUT2D eigenvalue weighted by Gasteiger charge is 2.28. The first-order chi connectivity index (χ1) is 26.5. The standard InChI is InChI=1S/C31H30N2O2.C14H10O4S2/c1-31(2,3)23-19-26(25-18-12-11-17-24(25)21-13-7-5-8-14-21)28(34-4)27(20-23)29-32-30(35-33-29)22-15-9-6-10-16-22;15-13(16)9-5-1-3-7-11(9)19-20-12-8-4-2-6-10(12)14(17)18/h5-20,30H,1-4H3,(H,32,33);1-8H,(H,15,16)(H,17,18). The molecule has 1 heterocycles. The van der Waals surface area contributed by atoms with Crippen LogP contribution < -0.4 is 10.2 Å². The second-order valence-electron chi connectivity index (χ2n) is 13.5. The summed E-state index contributed by atoms with van der Waals surface area (Å²) >= 11 is 0. The minimum atomic E-state index is -1.000. The third-order valence-corrected chi connectivity index (χ3v) is 11.3. The van der Waals surface area contributed by atoms with Crippen LogP contribution in [0.4, 0.5) is 0 Å². The molecule has 1 atom stereocenters. The Morgan fingerprint density at radius 1 is 0.655 bits per heavy atom. The van der Waals surface area contributed by atoms with Crippen molar-refractivity contribution >= 4 is 39.4 Å². The lowest BCUT2D eigenvalue weighted by Crippen LogP contribution is -2.21. The van der Waals surface area contributed by atoms with E-state index in [0.717, 1.165) is 39.1 Å². The van der Waals surface area contributed by atoms with Crippen molar-refractivity contribution in [2.45, 2.75) is 42.2 Å². The average molecular weight is 769 g/mol. The molecular formula is C45H40N2O6S2. The Kier molecular flexibility index (Phi) is 12.4. The number of carboxylic acid groups (broad SMARTS) is 2. The van der Waals surface area contributed by atoms with Gasteiger partial charge in [0.2, 0.25) is 6.23 Å². The number of aromatic carboxylic acids is 2. The topological polar surface area (TPSA) is 117 Å². The van der Waals surface area contributed by atoms with Gasteiger partial charge in [-0.15, -0.1) is 0 Å². The predicted molar refractivity (Wildman–Crippen MR) is 221 cm³/mol.